The third kappa shape index (κ3) is 7.04. The third-order valence-electron chi connectivity index (χ3n) is 12.1. The Bertz CT molecular complexity index is 2430. The van der Waals surface area contributed by atoms with Crippen LogP contribution in [0.4, 0.5) is 5.69 Å². The van der Waals surface area contributed by atoms with Crippen molar-refractivity contribution >= 4 is 33.3 Å². The molecular formula is C50H58N4OPt. The van der Waals surface area contributed by atoms with Crippen LogP contribution in [0, 0.1) is 57.6 Å². The van der Waals surface area contributed by atoms with E-state index in [9.17, 15) is 0 Å². The van der Waals surface area contributed by atoms with Crippen molar-refractivity contribution in [2.45, 2.75) is 113 Å². The molecule has 7 rings (SSSR count). The molecular weight excluding hydrogens is 868 g/mol. The monoisotopic (exact) mass is 925 g/mol. The molecule has 6 aromatic rings. The van der Waals surface area contributed by atoms with E-state index in [-0.39, 0.29) is 37.6 Å². The fraction of sp³-hybridized carbons (Fsp3) is 0.400. The predicted molar refractivity (Wildman–Crippen MR) is 232 cm³/mol. The molecule has 3 heterocycles. The summed E-state index contributed by atoms with van der Waals surface area (Å²) in [7, 11) is 0. The summed E-state index contributed by atoms with van der Waals surface area (Å²) in [6.45, 7) is 32.0. The molecule has 0 unspecified atom stereocenters. The van der Waals surface area contributed by atoms with Gasteiger partial charge in [-0.15, -0.1) is 34.7 Å². The van der Waals surface area contributed by atoms with Gasteiger partial charge in [0.25, 0.3) is 0 Å². The number of amidine groups is 1. The van der Waals surface area contributed by atoms with Crippen molar-refractivity contribution in [2.24, 2.45) is 22.7 Å². The van der Waals surface area contributed by atoms with Gasteiger partial charge in [0.15, 0.2) is 0 Å². The van der Waals surface area contributed by atoms with Crippen LogP contribution in [0.25, 0.3) is 27.6 Å². The normalized spacial score (nSPS) is 17.0. The Hall–Kier alpha value is -4.21. The van der Waals surface area contributed by atoms with Crippen LogP contribution in [0.1, 0.15) is 103 Å². The maximum atomic E-state index is 6.75. The minimum atomic E-state index is -0.377. The quantitative estimate of drug-likeness (QED) is 0.143. The van der Waals surface area contributed by atoms with Crippen LogP contribution < -0.4 is 9.64 Å². The van der Waals surface area contributed by atoms with Gasteiger partial charge >= 0.3 is 21.1 Å². The van der Waals surface area contributed by atoms with E-state index in [1.54, 1.807) is 0 Å². The number of fused-ring (bicyclic) bond motifs is 3. The number of rotatable bonds is 8. The molecule has 0 amide bonds. The summed E-state index contributed by atoms with van der Waals surface area (Å²) in [6, 6.07) is 33.2. The molecule has 0 fully saturated rings. The van der Waals surface area contributed by atoms with Crippen LogP contribution in [-0.4, -0.2) is 26.5 Å². The Labute approximate surface area is 349 Å². The molecule has 56 heavy (non-hydrogen) atoms. The van der Waals surface area contributed by atoms with Crippen LogP contribution in [0.5, 0.6) is 11.5 Å². The Kier molecular flexibility index (Phi) is 11.1. The standard InChI is InChI=1S/C50H58N4O.Pt/c1-30(2)45(31(3)4)50(14)49(12,13)54(46-34(7)23-32(5)24-35(46)8)47(52-50)36-25-33(6)26-39(27-36)55-38-19-20-41-40-17-15-16-18-42(40)53(43(41)29-38)44-28-37(21-22-51-44)48(9,10)11;/h15-26,28,30-31,45H,1-14H3;/q-2;+2/t50-;/m1./s1. The first-order valence-corrected chi connectivity index (χ1v) is 19.9. The SMILES string of the molecule is Cc1cc(Oc2[c-]c3c(cc2)c2ccccc2n3-c2cc(C(C)(C)C)ccn2)[c-]c(C2=N[C@](C)(C(C(C)C)C(C)C)C(C)(C)N2c2c(C)cc(C)cc2C)c1.[Pt+2]. The topological polar surface area (TPSA) is 42.6 Å². The number of nitrogens with zero attached hydrogens (tertiary/aromatic N) is 4. The Morgan fingerprint density at radius 2 is 1.38 bits per heavy atom. The average molecular weight is 926 g/mol. The molecule has 0 saturated carbocycles. The number of ether oxygens (including phenoxy) is 1. The molecule has 0 N–H and O–H groups in total. The Balaban J connectivity index is 0.00000532. The number of aromatic nitrogens is 2. The summed E-state index contributed by atoms with van der Waals surface area (Å²) >= 11 is 0. The second-order valence-corrected chi connectivity index (χ2v) is 18.4. The molecule has 294 valence electrons. The van der Waals surface area contributed by atoms with Crippen molar-refractivity contribution in [1.82, 2.24) is 9.55 Å². The minimum Gasteiger partial charge on any atom is -0.503 e. The maximum Gasteiger partial charge on any atom is 2.00 e. The van der Waals surface area contributed by atoms with Crippen LogP contribution in [-0.2, 0) is 26.5 Å². The van der Waals surface area contributed by atoms with Gasteiger partial charge in [0.2, 0.25) is 0 Å². The van der Waals surface area contributed by atoms with Crippen LogP contribution in [0.2, 0.25) is 0 Å². The smallest absolute Gasteiger partial charge is 0.503 e. The summed E-state index contributed by atoms with van der Waals surface area (Å²) in [5.41, 5.74) is 9.50. The van der Waals surface area contributed by atoms with E-state index >= 15 is 0 Å². The summed E-state index contributed by atoms with van der Waals surface area (Å²) in [6.07, 6.45) is 1.91. The van der Waals surface area contributed by atoms with Crippen LogP contribution >= 0.6 is 0 Å². The van der Waals surface area contributed by atoms with Crippen molar-refractivity contribution in [3.63, 3.8) is 0 Å². The van der Waals surface area contributed by atoms with E-state index < -0.39 is 0 Å². The number of para-hydroxylation sites is 1. The minimum absolute atomic E-state index is 0. The molecule has 0 radical (unpaired) electrons. The molecule has 1 aliphatic heterocycles. The number of aryl methyl sites for hydroxylation is 4. The van der Waals surface area contributed by atoms with Gasteiger partial charge in [0.1, 0.15) is 5.82 Å². The van der Waals surface area contributed by atoms with Crippen LogP contribution in [0.15, 0.2) is 84.0 Å². The molecule has 5 nitrogen and oxygen atoms in total. The van der Waals surface area contributed by atoms with Gasteiger partial charge in [-0.3, -0.25) is 0 Å². The van der Waals surface area contributed by atoms with Gasteiger partial charge in [0, 0.05) is 28.9 Å². The molecule has 6 heteroatoms. The summed E-state index contributed by atoms with van der Waals surface area (Å²) < 4.78 is 8.95. The second-order valence-electron chi connectivity index (χ2n) is 18.4. The number of benzene rings is 4. The van der Waals surface area contributed by atoms with Crippen molar-refractivity contribution in [1.29, 1.82) is 0 Å². The van der Waals surface area contributed by atoms with Gasteiger partial charge in [-0.25, -0.2) is 4.98 Å². The number of hydrogen-bond acceptors (Lipinski definition) is 4. The fourth-order valence-electron chi connectivity index (χ4n) is 9.69. The van der Waals surface area contributed by atoms with E-state index in [0.29, 0.717) is 29.3 Å². The molecule has 1 aliphatic rings. The zero-order chi connectivity index (χ0) is 39.8. The summed E-state index contributed by atoms with van der Waals surface area (Å²) in [5, 5.41) is 2.26. The zero-order valence-electron chi connectivity index (χ0n) is 35.8. The molecule has 4 aromatic carbocycles. The fourth-order valence-corrected chi connectivity index (χ4v) is 9.69. The number of pyridine rings is 1. The van der Waals surface area contributed by atoms with E-state index in [1.165, 1.54) is 27.9 Å². The van der Waals surface area contributed by atoms with Crippen molar-refractivity contribution < 1.29 is 25.8 Å². The molecule has 2 aromatic heterocycles. The zero-order valence-corrected chi connectivity index (χ0v) is 38.0. The van der Waals surface area contributed by atoms with E-state index in [4.69, 9.17) is 14.7 Å². The third-order valence-corrected chi connectivity index (χ3v) is 12.1. The Morgan fingerprint density at radius 3 is 2.02 bits per heavy atom. The first-order valence-electron chi connectivity index (χ1n) is 19.9. The first-order chi connectivity index (χ1) is 25.8. The molecule has 0 spiro atoms. The van der Waals surface area contributed by atoms with Gasteiger partial charge < -0.3 is 19.2 Å². The molecule has 1 atom stereocenters. The number of anilines is 1. The average Bonchev–Trinajstić information content (AvgIpc) is 3.51. The van der Waals surface area contributed by atoms with E-state index in [1.807, 2.05) is 12.3 Å². The number of aliphatic imine (C=N–C) groups is 1. The Morgan fingerprint density at radius 1 is 0.732 bits per heavy atom. The first kappa shape index (κ1) is 41.4. The molecule has 0 saturated heterocycles. The summed E-state index contributed by atoms with van der Waals surface area (Å²) in [5.74, 6) is 4.30. The number of hydrogen-bond donors (Lipinski definition) is 0. The van der Waals surface area contributed by atoms with Gasteiger partial charge in [-0.2, -0.15) is 6.07 Å². The van der Waals surface area contributed by atoms with Crippen molar-refractivity contribution in [3.8, 4) is 17.3 Å². The maximum absolute atomic E-state index is 6.75. The largest absolute Gasteiger partial charge is 2.00 e. The van der Waals surface area contributed by atoms with E-state index in [0.717, 1.165) is 44.6 Å². The van der Waals surface area contributed by atoms with Crippen molar-refractivity contribution in [3.05, 3.63) is 125 Å². The van der Waals surface area contributed by atoms with Gasteiger partial charge in [-0.1, -0.05) is 109 Å². The van der Waals surface area contributed by atoms with Gasteiger partial charge in [0.05, 0.1) is 16.9 Å². The van der Waals surface area contributed by atoms with E-state index in [2.05, 4.69) is 185 Å². The molecule has 0 aliphatic carbocycles. The van der Waals surface area contributed by atoms with Gasteiger partial charge in [-0.05, 0) is 105 Å². The van der Waals surface area contributed by atoms with Crippen molar-refractivity contribution in [2.75, 3.05) is 4.90 Å². The summed E-state index contributed by atoms with van der Waals surface area (Å²) in [4.78, 5) is 13.2. The van der Waals surface area contributed by atoms with Crippen LogP contribution in [0.3, 0.4) is 0 Å². The molecule has 0 bridgehead atoms. The predicted octanol–water partition coefficient (Wildman–Crippen LogP) is 12.8. The second kappa shape index (κ2) is 14.9.